The highest BCUT2D eigenvalue weighted by Gasteiger charge is 2.30. The van der Waals surface area contributed by atoms with Crippen LogP contribution in [0.2, 0.25) is 0 Å². The van der Waals surface area contributed by atoms with Gasteiger partial charge in [-0.2, -0.15) is 0 Å². The monoisotopic (exact) mass is 294 g/mol. The topological polar surface area (TPSA) is 132 Å². The van der Waals surface area contributed by atoms with Gasteiger partial charge in [0.15, 0.2) is 0 Å². The molecule has 1 heterocycles. The van der Waals surface area contributed by atoms with E-state index >= 15 is 0 Å². The number of aromatic nitrogens is 2. The lowest BCUT2D eigenvalue weighted by Gasteiger charge is -2.05. The number of hydrogen-bond acceptors (Lipinski definition) is 6. The summed E-state index contributed by atoms with van der Waals surface area (Å²) in [5, 5.41) is 16.0. The molecule has 1 aromatic rings. The first-order valence-electron chi connectivity index (χ1n) is 6.17. The number of carbonyl (C=O) groups is 4. The zero-order valence-electron chi connectivity index (χ0n) is 11.5. The highest BCUT2D eigenvalue weighted by atomic mass is 16.5. The van der Waals surface area contributed by atoms with E-state index in [0.717, 1.165) is 12.3 Å². The molecule has 0 aromatic carbocycles. The molecule has 9 heteroatoms. The number of nitrogens with one attached hydrogen (secondary N) is 2. The van der Waals surface area contributed by atoms with Gasteiger partial charge in [0.1, 0.15) is 0 Å². The van der Waals surface area contributed by atoms with E-state index in [1.807, 2.05) is 0 Å². The lowest BCUT2D eigenvalue weighted by Crippen LogP contribution is -2.43. The summed E-state index contributed by atoms with van der Waals surface area (Å²) in [5.74, 6) is -4.88. The maximum Gasteiger partial charge on any atom is 0.380 e. The Labute approximate surface area is 119 Å². The molecular formula is C12H14N4O5. The predicted octanol–water partition coefficient (Wildman–Crippen LogP) is -1.65. The Hall–Kier alpha value is -2.84. The van der Waals surface area contributed by atoms with E-state index in [1.54, 1.807) is 13.8 Å². The fraction of sp³-hybridized carbons (Fsp3) is 0.333. The molecule has 0 saturated heterocycles. The third-order valence-electron chi connectivity index (χ3n) is 2.33. The Balaban J connectivity index is 3.10. The van der Waals surface area contributed by atoms with E-state index in [-0.39, 0.29) is 23.5 Å². The van der Waals surface area contributed by atoms with Crippen molar-refractivity contribution in [1.29, 1.82) is 0 Å². The normalized spacial score (nSPS) is 9.81. The van der Waals surface area contributed by atoms with Crippen LogP contribution in [-0.4, -0.2) is 41.5 Å². The van der Waals surface area contributed by atoms with Gasteiger partial charge in [-0.3, -0.25) is 19.2 Å². The molecule has 0 aliphatic heterocycles. The first-order chi connectivity index (χ1) is 9.92. The minimum absolute atomic E-state index is 0.0616. The number of likely N-dealkylation sites (N-methyl/N-ethyl adjacent to an activating group) is 2. The molecular weight excluding hydrogens is 280 g/mol. The zero-order valence-corrected chi connectivity index (χ0v) is 11.5. The van der Waals surface area contributed by atoms with Crippen LogP contribution < -0.4 is 15.4 Å². The summed E-state index contributed by atoms with van der Waals surface area (Å²) in [7, 11) is 0. The Morgan fingerprint density at radius 1 is 1.10 bits per heavy atom. The highest BCUT2D eigenvalue weighted by molar-refractivity contribution is 6.43. The van der Waals surface area contributed by atoms with E-state index in [0.29, 0.717) is 0 Å². The average molecular weight is 294 g/mol. The molecule has 1 rings (SSSR count). The maximum atomic E-state index is 11.7. The summed E-state index contributed by atoms with van der Waals surface area (Å²) < 4.78 is 0.0616. The minimum atomic E-state index is -1.18. The molecule has 0 spiro atoms. The molecule has 0 fully saturated rings. The molecule has 2 amide bonds. The van der Waals surface area contributed by atoms with Crippen molar-refractivity contribution in [3.05, 3.63) is 29.0 Å². The van der Waals surface area contributed by atoms with E-state index in [2.05, 4.69) is 15.6 Å². The summed E-state index contributed by atoms with van der Waals surface area (Å²) in [6.45, 7) is 3.66. The SMILES string of the molecule is CCNC(=O)C(=O)c1cc[n+]([O-])c(C(=O)C(=O)NCC)n1. The standard InChI is InChI=1S/C12H14N4O5/c1-3-13-11(19)8(17)7-5-6-16(21)10(15-7)9(18)12(20)14-4-2/h5-6H,3-4H2,1-2H3,(H,13,19)(H,14,20). The van der Waals surface area contributed by atoms with Crippen molar-refractivity contribution in [1.82, 2.24) is 15.6 Å². The highest BCUT2D eigenvalue weighted by Crippen LogP contribution is 1.98. The molecule has 1 aromatic heterocycles. The number of hydrogen-bond donors (Lipinski definition) is 2. The Kier molecular flexibility index (Phi) is 5.47. The molecule has 0 aliphatic rings. The summed E-state index contributed by atoms with van der Waals surface area (Å²) >= 11 is 0. The number of amides is 2. The van der Waals surface area contributed by atoms with E-state index in [4.69, 9.17) is 0 Å². The van der Waals surface area contributed by atoms with E-state index in [9.17, 15) is 24.4 Å². The lowest BCUT2D eigenvalue weighted by molar-refractivity contribution is -0.610. The molecule has 0 aliphatic carbocycles. The van der Waals surface area contributed by atoms with Crippen LogP contribution in [0.3, 0.4) is 0 Å². The molecule has 9 nitrogen and oxygen atoms in total. The van der Waals surface area contributed by atoms with Crippen LogP contribution in [0.15, 0.2) is 12.3 Å². The first-order valence-corrected chi connectivity index (χ1v) is 6.17. The van der Waals surface area contributed by atoms with Crippen molar-refractivity contribution in [2.75, 3.05) is 13.1 Å². The molecule has 0 atom stereocenters. The first kappa shape index (κ1) is 16.2. The second-order valence-corrected chi connectivity index (χ2v) is 3.84. The van der Waals surface area contributed by atoms with Crippen LogP contribution >= 0.6 is 0 Å². The molecule has 0 radical (unpaired) electrons. The third-order valence-corrected chi connectivity index (χ3v) is 2.33. The number of ketones is 2. The van der Waals surface area contributed by atoms with Crippen molar-refractivity contribution in [3.63, 3.8) is 0 Å². The molecule has 0 saturated carbocycles. The van der Waals surface area contributed by atoms with Crippen molar-refractivity contribution in [2.45, 2.75) is 13.8 Å². The van der Waals surface area contributed by atoms with Gasteiger partial charge in [-0.25, -0.2) is 4.73 Å². The predicted molar refractivity (Wildman–Crippen MR) is 69.2 cm³/mol. The number of rotatable bonds is 6. The quantitative estimate of drug-likeness (QED) is 0.280. The van der Waals surface area contributed by atoms with E-state index < -0.39 is 29.2 Å². The van der Waals surface area contributed by atoms with Crippen molar-refractivity contribution in [2.24, 2.45) is 0 Å². The van der Waals surface area contributed by atoms with Crippen LogP contribution in [-0.2, 0) is 9.59 Å². The molecule has 21 heavy (non-hydrogen) atoms. The average Bonchev–Trinajstić information content (AvgIpc) is 2.46. The van der Waals surface area contributed by atoms with E-state index in [1.165, 1.54) is 0 Å². The zero-order chi connectivity index (χ0) is 16.0. The Morgan fingerprint density at radius 2 is 1.62 bits per heavy atom. The molecule has 112 valence electrons. The number of nitrogens with zero attached hydrogens (tertiary/aromatic N) is 2. The van der Waals surface area contributed by atoms with Crippen LogP contribution in [0.4, 0.5) is 0 Å². The third kappa shape index (κ3) is 3.81. The Morgan fingerprint density at radius 3 is 2.14 bits per heavy atom. The van der Waals surface area contributed by atoms with Crippen LogP contribution in [0.5, 0.6) is 0 Å². The van der Waals surface area contributed by atoms with Crippen molar-refractivity contribution in [3.8, 4) is 0 Å². The van der Waals surface area contributed by atoms with Gasteiger partial charge in [-0.15, -0.1) is 0 Å². The van der Waals surface area contributed by atoms with Gasteiger partial charge in [0.05, 0.1) is 6.20 Å². The van der Waals surface area contributed by atoms with Crippen LogP contribution in [0.25, 0.3) is 0 Å². The lowest BCUT2D eigenvalue weighted by atomic mass is 10.2. The molecule has 2 N–H and O–H groups in total. The maximum absolute atomic E-state index is 11.7. The Bertz CT molecular complexity index is 599. The fourth-order valence-electron chi connectivity index (χ4n) is 1.39. The summed E-state index contributed by atoms with van der Waals surface area (Å²) in [6.07, 6.45) is 0.839. The number of carbonyl (C=O) groups excluding carboxylic acids is 4. The summed E-state index contributed by atoms with van der Waals surface area (Å²) in [4.78, 5) is 49.7. The van der Waals surface area contributed by atoms with Gasteiger partial charge < -0.3 is 15.8 Å². The van der Waals surface area contributed by atoms with Gasteiger partial charge in [0, 0.05) is 19.2 Å². The van der Waals surface area contributed by atoms with Gasteiger partial charge in [0.25, 0.3) is 11.7 Å². The van der Waals surface area contributed by atoms with Gasteiger partial charge in [-0.1, -0.05) is 0 Å². The van der Waals surface area contributed by atoms with Gasteiger partial charge in [0.2, 0.25) is 5.69 Å². The largest absolute Gasteiger partial charge is 0.710 e. The smallest absolute Gasteiger partial charge is 0.380 e. The van der Waals surface area contributed by atoms with Gasteiger partial charge in [-0.05, 0) is 18.8 Å². The molecule has 0 unspecified atom stereocenters. The second-order valence-electron chi connectivity index (χ2n) is 3.84. The fourth-order valence-corrected chi connectivity index (χ4v) is 1.39. The van der Waals surface area contributed by atoms with Gasteiger partial charge >= 0.3 is 17.5 Å². The van der Waals surface area contributed by atoms with Crippen LogP contribution in [0.1, 0.15) is 35.0 Å². The summed E-state index contributed by atoms with van der Waals surface area (Å²) in [5.41, 5.74) is -0.388. The minimum Gasteiger partial charge on any atom is -0.710 e. The summed E-state index contributed by atoms with van der Waals surface area (Å²) in [6, 6.07) is 0.999. The second kappa shape index (κ2) is 7.08. The van der Waals surface area contributed by atoms with Crippen LogP contribution in [0, 0.1) is 5.21 Å². The number of Topliss-reactive ketones (excluding diaryl/α,β-unsaturated/α-hetero) is 2. The van der Waals surface area contributed by atoms with Crippen molar-refractivity contribution >= 4 is 23.4 Å². The van der Waals surface area contributed by atoms with Crippen molar-refractivity contribution < 1.29 is 23.9 Å². The molecule has 0 bridgehead atoms.